The summed E-state index contributed by atoms with van der Waals surface area (Å²) in [6.07, 6.45) is 1.65. The Bertz CT molecular complexity index is 639. The lowest BCUT2D eigenvalue weighted by Gasteiger charge is -2.11. The fraction of sp³-hybridized carbons (Fsp3) is 0.429. The minimum Gasteiger partial charge on any atom is -0.481 e. The molecule has 3 unspecified atom stereocenters. The van der Waals surface area contributed by atoms with Crippen molar-refractivity contribution < 1.29 is 9.90 Å². The number of halogens is 1. The van der Waals surface area contributed by atoms with Crippen molar-refractivity contribution in [2.75, 3.05) is 0 Å². The summed E-state index contributed by atoms with van der Waals surface area (Å²) < 4.78 is 1.03. The molecule has 1 aliphatic carbocycles. The number of aliphatic carboxylic acids is 1. The van der Waals surface area contributed by atoms with E-state index in [1.807, 2.05) is 18.2 Å². The van der Waals surface area contributed by atoms with Crippen LogP contribution in [0.2, 0.25) is 5.02 Å². The van der Waals surface area contributed by atoms with E-state index in [1.54, 1.807) is 11.3 Å². The van der Waals surface area contributed by atoms with E-state index in [-0.39, 0.29) is 11.8 Å². The van der Waals surface area contributed by atoms with E-state index < -0.39 is 5.97 Å². The Morgan fingerprint density at radius 2 is 2.26 bits per heavy atom. The SMILES string of the molecule is CC1CC(C(=O)O)C(c2nc3ccc(Cl)cc3s2)C1. The first-order valence-electron chi connectivity index (χ1n) is 6.33. The number of carboxylic acid groups (broad SMARTS) is 1. The lowest BCUT2D eigenvalue weighted by molar-refractivity contribution is -0.142. The van der Waals surface area contributed by atoms with Crippen molar-refractivity contribution in [1.29, 1.82) is 0 Å². The fourth-order valence-corrected chi connectivity index (χ4v) is 4.33. The molecule has 0 radical (unpaired) electrons. The molecular formula is C14H14ClNO2S. The molecule has 5 heteroatoms. The van der Waals surface area contributed by atoms with Gasteiger partial charge in [0.1, 0.15) is 0 Å². The van der Waals surface area contributed by atoms with Gasteiger partial charge >= 0.3 is 5.97 Å². The molecule has 3 atom stereocenters. The summed E-state index contributed by atoms with van der Waals surface area (Å²) in [7, 11) is 0. The molecule has 1 aliphatic rings. The summed E-state index contributed by atoms with van der Waals surface area (Å²) in [5, 5.41) is 11.0. The van der Waals surface area contributed by atoms with Crippen LogP contribution in [0.4, 0.5) is 0 Å². The van der Waals surface area contributed by atoms with Gasteiger partial charge in [0.25, 0.3) is 0 Å². The molecule has 0 aliphatic heterocycles. The van der Waals surface area contributed by atoms with E-state index in [1.165, 1.54) is 0 Å². The fourth-order valence-electron chi connectivity index (χ4n) is 2.91. The van der Waals surface area contributed by atoms with Crippen molar-refractivity contribution in [1.82, 2.24) is 4.98 Å². The summed E-state index contributed by atoms with van der Waals surface area (Å²) in [4.78, 5) is 16.0. The molecule has 0 amide bonds. The highest BCUT2D eigenvalue weighted by Gasteiger charge is 2.39. The van der Waals surface area contributed by atoms with E-state index in [2.05, 4.69) is 11.9 Å². The molecule has 0 saturated heterocycles. The first-order chi connectivity index (χ1) is 9.04. The van der Waals surface area contributed by atoms with Crippen LogP contribution < -0.4 is 0 Å². The van der Waals surface area contributed by atoms with Gasteiger partial charge in [0.15, 0.2) is 0 Å². The van der Waals surface area contributed by atoms with Gasteiger partial charge in [-0.05, 0) is 37.0 Å². The van der Waals surface area contributed by atoms with Crippen LogP contribution in [0.5, 0.6) is 0 Å². The molecule has 2 aromatic rings. The molecule has 3 rings (SSSR count). The molecule has 0 spiro atoms. The number of hydrogen-bond donors (Lipinski definition) is 1. The van der Waals surface area contributed by atoms with Gasteiger partial charge in [0.05, 0.1) is 21.1 Å². The number of aromatic nitrogens is 1. The molecule has 0 bridgehead atoms. The van der Waals surface area contributed by atoms with E-state index in [4.69, 9.17) is 11.6 Å². The van der Waals surface area contributed by atoms with Crippen LogP contribution in [0, 0.1) is 11.8 Å². The molecule has 1 N–H and O–H groups in total. The lowest BCUT2D eigenvalue weighted by atomic mass is 9.97. The Balaban J connectivity index is 2.01. The summed E-state index contributed by atoms with van der Waals surface area (Å²) in [6.45, 7) is 2.11. The maximum Gasteiger partial charge on any atom is 0.307 e. The van der Waals surface area contributed by atoms with Crippen LogP contribution in [-0.2, 0) is 4.79 Å². The summed E-state index contributed by atoms with van der Waals surface area (Å²) in [6, 6.07) is 5.61. The predicted octanol–water partition coefficient (Wildman–Crippen LogP) is 4.16. The number of carboxylic acids is 1. The highest BCUT2D eigenvalue weighted by atomic mass is 35.5. The normalized spacial score (nSPS) is 26.9. The maximum absolute atomic E-state index is 11.4. The van der Waals surface area contributed by atoms with Crippen molar-refractivity contribution in [3.8, 4) is 0 Å². The zero-order valence-electron chi connectivity index (χ0n) is 10.5. The van der Waals surface area contributed by atoms with E-state index in [9.17, 15) is 9.90 Å². The van der Waals surface area contributed by atoms with Crippen LogP contribution in [0.15, 0.2) is 18.2 Å². The van der Waals surface area contributed by atoms with E-state index >= 15 is 0 Å². The second-order valence-corrected chi connectivity index (χ2v) is 6.79. The maximum atomic E-state index is 11.4. The van der Waals surface area contributed by atoms with Gasteiger partial charge < -0.3 is 5.11 Å². The molecule has 1 heterocycles. The number of thiazole rings is 1. The largest absolute Gasteiger partial charge is 0.481 e. The molecule has 1 aromatic heterocycles. The van der Waals surface area contributed by atoms with Gasteiger partial charge in [-0.3, -0.25) is 4.79 Å². The quantitative estimate of drug-likeness (QED) is 0.905. The zero-order valence-corrected chi connectivity index (χ0v) is 12.0. The third-order valence-electron chi connectivity index (χ3n) is 3.80. The third-order valence-corrected chi connectivity index (χ3v) is 5.18. The van der Waals surface area contributed by atoms with Gasteiger partial charge in [-0.15, -0.1) is 11.3 Å². The van der Waals surface area contributed by atoms with Crippen LogP contribution >= 0.6 is 22.9 Å². The molecule has 100 valence electrons. The summed E-state index contributed by atoms with van der Waals surface area (Å²) in [5.41, 5.74) is 0.910. The number of carbonyl (C=O) groups is 1. The van der Waals surface area contributed by atoms with Crippen molar-refractivity contribution >= 4 is 39.1 Å². The monoisotopic (exact) mass is 295 g/mol. The Labute approximate surface area is 120 Å². The average molecular weight is 296 g/mol. The van der Waals surface area contributed by atoms with E-state index in [0.29, 0.717) is 10.9 Å². The Morgan fingerprint density at radius 1 is 1.47 bits per heavy atom. The second-order valence-electron chi connectivity index (χ2n) is 5.29. The number of rotatable bonds is 2. The average Bonchev–Trinajstić information content (AvgIpc) is 2.91. The van der Waals surface area contributed by atoms with Crippen LogP contribution in [0.25, 0.3) is 10.2 Å². The highest BCUT2D eigenvalue weighted by Crippen LogP contribution is 2.45. The topological polar surface area (TPSA) is 50.2 Å². The van der Waals surface area contributed by atoms with Gasteiger partial charge in [0.2, 0.25) is 0 Å². The molecule has 1 fully saturated rings. The minimum atomic E-state index is -0.702. The Kier molecular flexibility index (Phi) is 3.23. The summed E-state index contributed by atoms with van der Waals surface area (Å²) in [5.74, 6) is -0.511. The second kappa shape index (κ2) is 4.76. The first kappa shape index (κ1) is 12.9. The van der Waals surface area contributed by atoms with Gasteiger partial charge in [-0.25, -0.2) is 4.98 Å². The lowest BCUT2D eigenvalue weighted by Crippen LogP contribution is -2.16. The van der Waals surface area contributed by atoms with E-state index in [0.717, 1.165) is 28.1 Å². The standard InChI is InChI=1S/C14H14ClNO2S/c1-7-4-9(10(5-7)14(17)18)13-16-11-3-2-8(15)6-12(11)19-13/h2-3,6-7,9-10H,4-5H2,1H3,(H,17,18). The smallest absolute Gasteiger partial charge is 0.307 e. The Hall–Kier alpha value is -1.13. The van der Waals surface area contributed by atoms with Gasteiger partial charge in [0, 0.05) is 10.9 Å². The highest BCUT2D eigenvalue weighted by molar-refractivity contribution is 7.18. The molecule has 3 nitrogen and oxygen atoms in total. The predicted molar refractivity (Wildman–Crippen MR) is 76.9 cm³/mol. The van der Waals surface area contributed by atoms with Gasteiger partial charge in [-0.2, -0.15) is 0 Å². The third kappa shape index (κ3) is 2.35. The molecular weight excluding hydrogens is 282 g/mol. The van der Waals surface area contributed by atoms with Crippen LogP contribution in [0.3, 0.4) is 0 Å². The minimum absolute atomic E-state index is 0.0451. The summed E-state index contributed by atoms with van der Waals surface area (Å²) >= 11 is 7.55. The van der Waals surface area contributed by atoms with Crippen molar-refractivity contribution in [2.24, 2.45) is 11.8 Å². The number of fused-ring (bicyclic) bond motifs is 1. The Morgan fingerprint density at radius 3 is 3.00 bits per heavy atom. The first-order valence-corrected chi connectivity index (χ1v) is 7.53. The molecule has 1 aromatic carbocycles. The molecule has 19 heavy (non-hydrogen) atoms. The zero-order chi connectivity index (χ0) is 13.6. The number of hydrogen-bond acceptors (Lipinski definition) is 3. The van der Waals surface area contributed by atoms with Crippen molar-refractivity contribution in [2.45, 2.75) is 25.7 Å². The van der Waals surface area contributed by atoms with Gasteiger partial charge in [-0.1, -0.05) is 18.5 Å². The van der Waals surface area contributed by atoms with Crippen molar-refractivity contribution in [3.05, 3.63) is 28.2 Å². The van der Waals surface area contributed by atoms with Crippen LogP contribution in [0.1, 0.15) is 30.7 Å². The number of benzene rings is 1. The molecule has 1 saturated carbocycles. The number of nitrogens with zero attached hydrogens (tertiary/aromatic N) is 1. The van der Waals surface area contributed by atoms with Crippen LogP contribution in [-0.4, -0.2) is 16.1 Å². The van der Waals surface area contributed by atoms with Crippen molar-refractivity contribution in [3.63, 3.8) is 0 Å².